The number of hydrogen-bond acceptors (Lipinski definition) is 3. The van der Waals surface area contributed by atoms with Crippen molar-refractivity contribution < 1.29 is 31.5 Å². The van der Waals surface area contributed by atoms with Crippen LogP contribution in [0.1, 0.15) is 29.7 Å². The number of pyridine rings is 1. The van der Waals surface area contributed by atoms with Gasteiger partial charge in [-0.2, -0.15) is 13.2 Å². The van der Waals surface area contributed by atoms with Crippen LogP contribution in [0, 0.1) is 11.6 Å². The third kappa shape index (κ3) is 3.89. The zero-order valence-electron chi connectivity index (χ0n) is 15.9. The number of carbonyl (C=O) groups excluding carboxylic acids is 2. The fourth-order valence-electron chi connectivity index (χ4n) is 3.76. The van der Waals surface area contributed by atoms with Gasteiger partial charge in [0.15, 0.2) is 0 Å². The molecule has 0 aliphatic carbocycles. The molecule has 1 aliphatic heterocycles. The predicted octanol–water partition coefficient (Wildman–Crippen LogP) is 3.43. The lowest BCUT2D eigenvalue weighted by Crippen LogP contribution is -2.68. The lowest BCUT2D eigenvalue weighted by molar-refractivity contribution is -0.141. The van der Waals surface area contributed by atoms with Crippen LogP contribution in [0.5, 0.6) is 0 Å². The second kappa shape index (κ2) is 7.95. The highest BCUT2D eigenvalue weighted by atomic mass is 35.5. The Morgan fingerprint density at radius 3 is 2.52 bits per heavy atom. The van der Waals surface area contributed by atoms with Crippen molar-refractivity contribution in [1.82, 2.24) is 15.2 Å². The minimum Gasteiger partial charge on any atom is -0.352 e. The molecule has 2 atom stereocenters. The maximum atomic E-state index is 15.0. The molecule has 1 aromatic heterocycles. The molecule has 3 rings (SSSR count). The summed E-state index contributed by atoms with van der Waals surface area (Å²) in [6, 6.07) is 2.51. The third-order valence-corrected chi connectivity index (χ3v) is 5.60. The number of benzene rings is 1. The molecular formula is C19H16ClF5N4O2. The van der Waals surface area contributed by atoms with E-state index in [0.29, 0.717) is 6.07 Å². The van der Waals surface area contributed by atoms with Gasteiger partial charge in [0.1, 0.15) is 27.9 Å². The molecule has 0 bridgehead atoms. The molecule has 2 heterocycles. The summed E-state index contributed by atoms with van der Waals surface area (Å²) in [4.78, 5) is 29.4. The zero-order valence-corrected chi connectivity index (χ0v) is 16.7. The van der Waals surface area contributed by atoms with Crippen LogP contribution in [0.15, 0.2) is 30.5 Å². The highest BCUT2D eigenvalue weighted by molar-refractivity contribution is 6.31. The molecule has 3 N–H and O–H groups in total. The molecule has 31 heavy (non-hydrogen) atoms. The van der Waals surface area contributed by atoms with Gasteiger partial charge in [-0.1, -0.05) is 23.7 Å². The van der Waals surface area contributed by atoms with Crippen molar-refractivity contribution in [1.29, 1.82) is 0 Å². The number of nitrogens with two attached hydrogens (primary N) is 1. The van der Waals surface area contributed by atoms with Crippen molar-refractivity contribution >= 4 is 23.5 Å². The fourth-order valence-corrected chi connectivity index (χ4v) is 3.93. The van der Waals surface area contributed by atoms with Crippen LogP contribution in [-0.4, -0.2) is 40.5 Å². The maximum absolute atomic E-state index is 15.0. The van der Waals surface area contributed by atoms with E-state index in [-0.39, 0.29) is 24.2 Å². The molecule has 0 radical (unpaired) electrons. The standard InChI is InChI=1S/C19H16ClF5N4O2/c1-18(16(30)27-6-7-29(18)17(26)31)13(10-3-4-11(21)14(20)15(10)22)9-2-5-12(28-8-9)19(23,24)25/h2-5,8,13H,6-7H2,1H3,(H2,26,31)(H,27,30)/t13-,18?/m1/s1. The van der Waals surface area contributed by atoms with Crippen LogP contribution in [-0.2, 0) is 11.0 Å². The van der Waals surface area contributed by atoms with Crippen LogP contribution < -0.4 is 11.1 Å². The number of nitrogens with one attached hydrogen (secondary N) is 1. The Bertz CT molecular complexity index is 1030. The van der Waals surface area contributed by atoms with E-state index in [1.165, 1.54) is 6.92 Å². The van der Waals surface area contributed by atoms with E-state index in [1.54, 1.807) is 0 Å². The summed E-state index contributed by atoms with van der Waals surface area (Å²) < 4.78 is 67.6. The van der Waals surface area contributed by atoms with Crippen LogP contribution in [0.4, 0.5) is 26.7 Å². The number of primary amides is 1. The quantitative estimate of drug-likeness (QED) is 0.541. The van der Waals surface area contributed by atoms with E-state index in [1.807, 2.05) is 0 Å². The first-order valence-electron chi connectivity index (χ1n) is 8.91. The summed E-state index contributed by atoms with van der Waals surface area (Å²) in [5.74, 6) is -4.44. The van der Waals surface area contributed by atoms with Crippen molar-refractivity contribution in [2.75, 3.05) is 13.1 Å². The van der Waals surface area contributed by atoms with Gasteiger partial charge >= 0.3 is 12.2 Å². The van der Waals surface area contributed by atoms with Gasteiger partial charge in [0.25, 0.3) is 0 Å². The second-order valence-electron chi connectivity index (χ2n) is 7.07. The molecule has 2 aromatic rings. The lowest BCUT2D eigenvalue weighted by Gasteiger charge is -2.47. The van der Waals surface area contributed by atoms with Gasteiger partial charge in [-0.05, 0) is 24.6 Å². The number of rotatable bonds is 3. The van der Waals surface area contributed by atoms with Gasteiger partial charge in [-0.15, -0.1) is 0 Å². The largest absolute Gasteiger partial charge is 0.433 e. The van der Waals surface area contributed by atoms with Gasteiger partial charge in [-0.3, -0.25) is 9.78 Å². The number of nitrogens with zero attached hydrogens (tertiary/aromatic N) is 2. The lowest BCUT2D eigenvalue weighted by atomic mass is 9.73. The SMILES string of the molecule is CC1([C@H](c2ccc(C(F)(F)F)nc2)c2ccc(F)c(Cl)c2F)C(=O)NCCN1C(N)=O. The van der Waals surface area contributed by atoms with Crippen LogP contribution in [0.2, 0.25) is 5.02 Å². The molecule has 166 valence electrons. The van der Waals surface area contributed by atoms with Crippen molar-refractivity contribution in [2.24, 2.45) is 5.73 Å². The predicted molar refractivity (Wildman–Crippen MR) is 100 cm³/mol. The van der Waals surface area contributed by atoms with Crippen molar-refractivity contribution in [3.05, 3.63) is 63.9 Å². The first kappa shape index (κ1) is 22.7. The number of halogens is 6. The Balaban J connectivity index is 2.28. The minimum absolute atomic E-state index is 0.0413. The summed E-state index contributed by atoms with van der Waals surface area (Å²) in [6.07, 6.45) is -3.92. The van der Waals surface area contributed by atoms with Gasteiger partial charge in [0.2, 0.25) is 5.91 Å². The molecule has 12 heteroatoms. The summed E-state index contributed by atoms with van der Waals surface area (Å²) in [6.45, 7) is 1.30. The van der Waals surface area contributed by atoms with E-state index in [9.17, 15) is 27.2 Å². The Labute approximate surface area is 178 Å². The topological polar surface area (TPSA) is 88.3 Å². The number of carbonyl (C=O) groups is 2. The van der Waals surface area contributed by atoms with Crippen LogP contribution in [0.25, 0.3) is 0 Å². The van der Waals surface area contributed by atoms with Gasteiger partial charge in [0.05, 0.1) is 0 Å². The highest BCUT2D eigenvalue weighted by Crippen LogP contribution is 2.43. The normalized spacial score (nSPS) is 20.4. The number of aromatic nitrogens is 1. The molecule has 1 unspecified atom stereocenters. The average molecular weight is 463 g/mol. The molecule has 3 amide bonds. The van der Waals surface area contributed by atoms with E-state index < -0.39 is 51.9 Å². The van der Waals surface area contributed by atoms with Crippen LogP contribution >= 0.6 is 11.6 Å². The summed E-state index contributed by atoms with van der Waals surface area (Å²) in [5, 5.41) is 1.67. The summed E-state index contributed by atoms with van der Waals surface area (Å²) in [7, 11) is 0. The maximum Gasteiger partial charge on any atom is 0.433 e. The fraction of sp³-hybridized carbons (Fsp3) is 0.316. The molecular weight excluding hydrogens is 447 g/mol. The van der Waals surface area contributed by atoms with E-state index in [4.69, 9.17) is 17.3 Å². The molecule has 1 saturated heterocycles. The monoisotopic (exact) mass is 462 g/mol. The molecule has 0 saturated carbocycles. The average Bonchev–Trinajstić information content (AvgIpc) is 2.70. The Morgan fingerprint density at radius 1 is 1.29 bits per heavy atom. The number of amides is 3. The third-order valence-electron chi connectivity index (χ3n) is 5.26. The number of hydrogen-bond donors (Lipinski definition) is 2. The van der Waals surface area contributed by atoms with Gasteiger partial charge < -0.3 is 16.0 Å². The second-order valence-corrected chi connectivity index (χ2v) is 7.44. The van der Waals surface area contributed by atoms with Crippen molar-refractivity contribution in [3.8, 4) is 0 Å². The molecule has 0 spiro atoms. The highest BCUT2D eigenvalue weighted by Gasteiger charge is 2.52. The van der Waals surface area contributed by atoms with E-state index in [0.717, 1.165) is 29.3 Å². The van der Waals surface area contributed by atoms with Gasteiger partial charge in [-0.25, -0.2) is 13.6 Å². The van der Waals surface area contributed by atoms with Gasteiger partial charge in [0, 0.05) is 30.8 Å². The Kier molecular flexibility index (Phi) is 5.83. The molecule has 6 nitrogen and oxygen atoms in total. The first-order valence-corrected chi connectivity index (χ1v) is 9.28. The Hall–Kier alpha value is -2.95. The summed E-state index contributed by atoms with van der Waals surface area (Å²) in [5.41, 5.74) is 1.98. The molecule has 1 aromatic carbocycles. The van der Waals surface area contributed by atoms with Crippen molar-refractivity contribution in [2.45, 2.75) is 24.6 Å². The molecule has 1 fully saturated rings. The summed E-state index contributed by atoms with van der Waals surface area (Å²) >= 11 is 5.70. The zero-order chi connectivity index (χ0) is 23.1. The van der Waals surface area contributed by atoms with Crippen molar-refractivity contribution in [3.63, 3.8) is 0 Å². The molecule has 1 aliphatic rings. The number of urea groups is 1. The van der Waals surface area contributed by atoms with E-state index in [2.05, 4.69) is 10.3 Å². The first-order chi connectivity index (χ1) is 14.4. The van der Waals surface area contributed by atoms with E-state index >= 15 is 4.39 Å². The Morgan fingerprint density at radius 2 is 1.97 bits per heavy atom. The number of alkyl halides is 3. The van der Waals surface area contributed by atoms with Crippen LogP contribution in [0.3, 0.4) is 0 Å². The smallest absolute Gasteiger partial charge is 0.352 e. The minimum atomic E-state index is -4.73. The number of piperazine rings is 1.